The number of nitrogens with zero attached hydrogens (tertiary/aromatic N) is 1. The van der Waals surface area contributed by atoms with Crippen LogP contribution in [0.15, 0.2) is 30.9 Å². The van der Waals surface area contributed by atoms with E-state index in [1.165, 1.54) is 18.2 Å². The Kier molecular flexibility index (Phi) is 6.01. The Morgan fingerprint density at radius 1 is 1.45 bits per heavy atom. The molecule has 5 nitrogen and oxygen atoms in total. The third-order valence-electron chi connectivity index (χ3n) is 2.32. The summed E-state index contributed by atoms with van der Waals surface area (Å²) in [5, 5.41) is 3.25. The molecule has 8 heteroatoms. The van der Waals surface area contributed by atoms with Gasteiger partial charge in [0.1, 0.15) is 0 Å². The molecule has 0 atom stereocenters. The summed E-state index contributed by atoms with van der Waals surface area (Å²) in [6, 6.07) is 4.61. The van der Waals surface area contributed by atoms with Crippen molar-refractivity contribution in [3.63, 3.8) is 0 Å². The fraction of sp³-hybridized carbons (Fsp3) is 0.250. The average Bonchev–Trinajstić information content (AvgIpc) is 2.32. The van der Waals surface area contributed by atoms with Crippen LogP contribution in [-0.4, -0.2) is 38.0 Å². The van der Waals surface area contributed by atoms with Gasteiger partial charge in [-0.2, -0.15) is 4.31 Å². The lowest BCUT2D eigenvalue weighted by molar-refractivity contribution is -0.116. The lowest BCUT2D eigenvalue weighted by Crippen LogP contribution is -2.37. The second-order valence-electron chi connectivity index (χ2n) is 4.02. The fourth-order valence-corrected chi connectivity index (χ4v) is 2.47. The van der Waals surface area contributed by atoms with Crippen molar-refractivity contribution in [1.82, 2.24) is 4.31 Å². The van der Waals surface area contributed by atoms with Crippen molar-refractivity contribution in [3.05, 3.63) is 40.9 Å². The number of carbonyl (C=O) groups is 1. The van der Waals surface area contributed by atoms with Crippen LogP contribution in [0.3, 0.4) is 0 Å². The minimum Gasteiger partial charge on any atom is -0.324 e. The largest absolute Gasteiger partial charge is 0.324 e. The molecule has 1 rings (SSSR count). The third-order valence-corrected chi connectivity index (χ3v) is 4.11. The topological polar surface area (TPSA) is 66.5 Å². The summed E-state index contributed by atoms with van der Waals surface area (Å²) < 4.78 is 24.0. The summed E-state index contributed by atoms with van der Waals surface area (Å²) in [5.74, 6) is -0.513. The van der Waals surface area contributed by atoms with E-state index in [9.17, 15) is 13.2 Å². The Balaban J connectivity index is 2.80. The highest BCUT2D eigenvalue weighted by atomic mass is 35.5. The minimum atomic E-state index is -3.49. The third kappa shape index (κ3) is 5.13. The first-order valence-corrected chi connectivity index (χ1v) is 8.15. The first-order valence-electron chi connectivity index (χ1n) is 5.55. The molecule has 1 aromatic rings. The first-order chi connectivity index (χ1) is 9.24. The number of hydrogen-bond acceptors (Lipinski definition) is 3. The lowest BCUT2D eigenvalue weighted by Gasteiger charge is -2.17. The van der Waals surface area contributed by atoms with E-state index >= 15 is 0 Å². The van der Waals surface area contributed by atoms with Gasteiger partial charge in [-0.1, -0.05) is 29.3 Å². The molecule has 0 unspecified atom stereocenters. The predicted molar refractivity (Wildman–Crippen MR) is 81.7 cm³/mol. The van der Waals surface area contributed by atoms with Gasteiger partial charge in [-0.15, -0.1) is 6.58 Å². The van der Waals surface area contributed by atoms with Crippen LogP contribution in [0, 0.1) is 0 Å². The summed E-state index contributed by atoms with van der Waals surface area (Å²) in [5.41, 5.74) is 0.330. The zero-order valence-corrected chi connectivity index (χ0v) is 13.1. The average molecular weight is 337 g/mol. The normalized spacial score (nSPS) is 11.4. The van der Waals surface area contributed by atoms with Gasteiger partial charge in [0.05, 0.1) is 23.5 Å². The number of sulfonamides is 1. The Hall–Kier alpha value is -1.08. The number of rotatable bonds is 6. The summed E-state index contributed by atoms with van der Waals surface area (Å²) in [6.07, 6.45) is 2.43. The number of benzene rings is 1. The van der Waals surface area contributed by atoms with Crippen LogP contribution in [0.5, 0.6) is 0 Å². The number of nitrogens with one attached hydrogen (secondary N) is 1. The van der Waals surface area contributed by atoms with E-state index < -0.39 is 15.9 Å². The molecule has 20 heavy (non-hydrogen) atoms. The summed E-state index contributed by atoms with van der Waals surface area (Å²) >= 11 is 11.7. The molecule has 0 radical (unpaired) electrons. The van der Waals surface area contributed by atoms with Gasteiger partial charge < -0.3 is 5.32 Å². The van der Waals surface area contributed by atoms with E-state index in [-0.39, 0.29) is 13.1 Å². The Bertz CT molecular complexity index is 617. The van der Waals surface area contributed by atoms with Crippen molar-refractivity contribution in [2.24, 2.45) is 0 Å². The van der Waals surface area contributed by atoms with Gasteiger partial charge in [-0.3, -0.25) is 4.79 Å². The van der Waals surface area contributed by atoms with Crippen molar-refractivity contribution >= 4 is 44.8 Å². The summed E-state index contributed by atoms with van der Waals surface area (Å²) in [6.45, 7) is 3.18. The van der Waals surface area contributed by atoms with Crippen LogP contribution >= 0.6 is 23.2 Å². The standard InChI is InChI=1S/C12H14Cl2N2O3S/c1-3-6-16(20(2,18)19)8-12(17)15-11-7-9(13)4-5-10(11)14/h3-5,7H,1,6,8H2,2H3,(H,15,17). The maximum Gasteiger partial charge on any atom is 0.239 e. The maximum atomic E-state index is 11.9. The molecule has 0 aromatic heterocycles. The van der Waals surface area contributed by atoms with Gasteiger partial charge in [0, 0.05) is 11.6 Å². The Morgan fingerprint density at radius 3 is 2.65 bits per heavy atom. The first kappa shape index (κ1) is 17.0. The van der Waals surface area contributed by atoms with Crippen molar-refractivity contribution < 1.29 is 13.2 Å². The van der Waals surface area contributed by atoms with Gasteiger partial charge >= 0.3 is 0 Å². The molecule has 0 aliphatic carbocycles. The molecule has 1 N–H and O–H groups in total. The van der Waals surface area contributed by atoms with E-state index in [2.05, 4.69) is 11.9 Å². The van der Waals surface area contributed by atoms with E-state index in [1.807, 2.05) is 0 Å². The smallest absolute Gasteiger partial charge is 0.239 e. The van der Waals surface area contributed by atoms with E-state index in [4.69, 9.17) is 23.2 Å². The van der Waals surface area contributed by atoms with Crippen LogP contribution in [0.25, 0.3) is 0 Å². The molecular weight excluding hydrogens is 323 g/mol. The molecule has 0 saturated heterocycles. The Labute approximate surface area is 128 Å². The molecule has 110 valence electrons. The SMILES string of the molecule is C=CCN(CC(=O)Nc1cc(Cl)ccc1Cl)S(C)(=O)=O. The predicted octanol–water partition coefficient (Wildman–Crippen LogP) is 2.38. The number of halogens is 2. The fourth-order valence-electron chi connectivity index (χ4n) is 1.40. The van der Waals surface area contributed by atoms with Crippen LogP contribution in [0.4, 0.5) is 5.69 Å². The van der Waals surface area contributed by atoms with E-state index in [0.717, 1.165) is 10.6 Å². The lowest BCUT2D eigenvalue weighted by atomic mass is 10.3. The van der Waals surface area contributed by atoms with Gasteiger partial charge in [0.2, 0.25) is 15.9 Å². The molecule has 0 fully saturated rings. The molecule has 0 saturated carbocycles. The van der Waals surface area contributed by atoms with Gasteiger partial charge in [0.25, 0.3) is 0 Å². The summed E-state index contributed by atoms with van der Waals surface area (Å²) in [7, 11) is -3.49. The minimum absolute atomic E-state index is 0.0511. The van der Waals surface area contributed by atoms with Crippen molar-refractivity contribution in [2.75, 3.05) is 24.7 Å². The zero-order chi connectivity index (χ0) is 15.3. The molecule has 0 aliphatic rings. The highest BCUT2D eigenvalue weighted by Gasteiger charge is 2.19. The number of hydrogen-bond donors (Lipinski definition) is 1. The van der Waals surface area contributed by atoms with Crippen LogP contribution in [0.2, 0.25) is 10.0 Å². The maximum absolute atomic E-state index is 11.9. The number of carbonyl (C=O) groups excluding carboxylic acids is 1. The molecular formula is C12H14Cl2N2O3S. The van der Waals surface area contributed by atoms with Gasteiger partial charge in [-0.25, -0.2) is 8.42 Å². The Morgan fingerprint density at radius 2 is 2.10 bits per heavy atom. The van der Waals surface area contributed by atoms with Crippen LogP contribution < -0.4 is 5.32 Å². The molecule has 1 amide bonds. The van der Waals surface area contributed by atoms with Gasteiger partial charge in [-0.05, 0) is 18.2 Å². The highest BCUT2D eigenvalue weighted by molar-refractivity contribution is 7.88. The highest BCUT2D eigenvalue weighted by Crippen LogP contribution is 2.25. The van der Waals surface area contributed by atoms with Gasteiger partial charge in [0.15, 0.2) is 0 Å². The molecule has 0 bridgehead atoms. The van der Waals surface area contributed by atoms with Crippen LogP contribution in [0.1, 0.15) is 0 Å². The van der Waals surface area contributed by atoms with E-state index in [0.29, 0.717) is 15.7 Å². The monoisotopic (exact) mass is 336 g/mol. The van der Waals surface area contributed by atoms with E-state index in [1.54, 1.807) is 6.07 Å². The molecule has 0 aliphatic heterocycles. The van der Waals surface area contributed by atoms with Crippen LogP contribution in [-0.2, 0) is 14.8 Å². The quantitative estimate of drug-likeness (QED) is 0.811. The molecule has 1 aromatic carbocycles. The zero-order valence-electron chi connectivity index (χ0n) is 10.8. The number of anilines is 1. The van der Waals surface area contributed by atoms with Crippen molar-refractivity contribution in [3.8, 4) is 0 Å². The van der Waals surface area contributed by atoms with Crippen molar-refractivity contribution in [1.29, 1.82) is 0 Å². The summed E-state index contributed by atoms with van der Waals surface area (Å²) in [4.78, 5) is 11.9. The molecule has 0 spiro atoms. The van der Waals surface area contributed by atoms with Crippen molar-refractivity contribution in [2.45, 2.75) is 0 Å². The molecule has 0 heterocycles. The number of amides is 1. The second kappa shape index (κ2) is 7.08. The second-order valence-corrected chi connectivity index (χ2v) is 6.84.